The zero-order valence-corrected chi connectivity index (χ0v) is 12.6. The first-order valence-electron chi connectivity index (χ1n) is 6.48. The summed E-state index contributed by atoms with van der Waals surface area (Å²) in [6, 6.07) is 0.221. The highest BCUT2D eigenvalue weighted by atomic mass is 31.2. The molecule has 9 heteroatoms. The Kier molecular flexibility index (Phi) is 4.91. The molecule has 0 atom stereocenters. The van der Waals surface area contributed by atoms with E-state index < -0.39 is 7.82 Å². The van der Waals surface area contributed by atoms with Gasteiger partial charge in [-0.3, -0.25) is 9.05 Å². The van der Waals surface area contributed by atoms with E-state index in [9.17, 15) is 4.57 Å². The van der Waals surface area contributed by atoms with Gasteiger partial charge in [0.15, 0.2) is 5.76 Å². The molecule has 0 aromatic carbocycles. The molecule has 1 heterocycles. The summed E-state index contributed by atoms with van der Waals surface area (Å²) < 4.78 is 28.2. The van der Waals surface area contributed by atoms with Crippen LogP contribution in [0.15, 0.2) is 6.58 Å². The number of rotatable bonds is 6. The number of hydrogen-bond acceptors (Lipinski definition) is 7. The van der Waals surface area contributed by atoms with Crippen molar-refractivity contribution in [1.82, 2.24) is 20.2 Å². The van der Waals surface area contributed by atoms with Crippen LogP contribution in [-0.4, -0.2) is 34.4 Å². The molecule has 1 aliphatic carbocycles. The minimum Gasteiger partial charge on any atom is -0.401 e. The molecular formula is C11H19N4O4P. The second-order valence-electron chi connectivity index (χ2n) is 4.57. The van der Waals surface area contributed by atoms with Crippen LogP contribution in [-0.2, 0) is 18.1 Å². The monoisotopic (exact) mass is 302 g/mol. The van der Waals surface area contributed by atoms with Crippen LogP contribution in [0.1, 0.15) is 44.0 Å². The average Bonchev–Trinajstić information content (AvgIpc) is 2.97. The van der Waals surface area contributed by atoms with E-state index in [0.29, 0.717) is 5.82 Å². The van der Waals surface area contributed by atoms with Gasteiger partial charge in [-0.15, -0.1) is 5.10 Å². The molecule has 1 saturated carbocycles. The summed E-state index contributed by atoms with van der Waals surface area (Å²) in [6.45, 7) is 3.72. The Morgan fingerprint density at radius 2 is 1.95 bits per heavy atom. The maximum atomic E-state index is 11.9. The Morgan fingerprint density at radius 3 is 2.55 bits per heavy atom. The minimum atomic E-state index is -3.65. The minimum absolute atomic E-state index is 0.0765. The smallest absolute Gasteiger partial charge is 0.401 e. The van der Waals surface area contributed by atoms with Crippen LogP contribution in [0, 0.1) is 0 Å². The van der Waals surface area contributed by atoms with Gasteiger partial charge in [0, 0.05) is 14.2 Å². The molecule has 0 saturated heterocycles. The van der Waals surface area contributed by atoms with E-state index in [1.807, 2.05) is 0 Å². The predicted octanol–water partition coefficient (Wildman–Crippen LogP) is 2.57. The highest BCUT2D eigenvalue weighted by Crippen LogP contribution is 2.50. The number of tetrazole rings is 1. The molecule has 112 valence electrons. The third-order valence-corrected chi connectivity index (χ3v) is 4.67. The van der Waals surface area contributed by atoms with Crippen LogP contribution in [0.5, 0.6) is 0 Å². The predicted molar refractivity (Wildman–Crippen MR) is 71.7 cm³/mol. The lowest BCUT2D eigenvalue weighted by Gasteiger charge is -2.23. The molecule has 0 amide bonds. The van der Waals surface area contributed by atoms with Crippen molar-refractivity contribution in [2.24, 2.45) is 0 Å². The lowest BCUT2D eigenvalue weighted by atomic mass is 9.95. The van der Waals surface area contributed by atoms with Crippen molar-refractivity contribution >= 4 is 13.6 Å². The average molecular weight is 302 g/mol. The van der Waals surface area contributed by atoms with Gasteiger partial charge in [-0.1, -0.05) is 25.8 Å². The van der Waals surface area contributed by atoms with E-state index in [-0.39, 0.29) is 11.8 Å². The molecule has 0 aliphatic heterocycles. The third-order valence-electron chi connectivity index (χ3n) is 3.33. The molecule has 0 radical (unpaired) electrons. The molecule has 20 heavy (non-hydrogen) atoms. The maximum absolute atomic E-state index is 11.9. The van der Waals surface area contributed by atoms with E-state index in [1.165, 1.54) is 20.6 Å². The molecule has 0 bridgehead atoms. The van der Waals surface area contributed by atoms with E-state index in [1.54, 1.807) is 4.68 Å². The molecule has 0 N–H and O–H groups in total. The number of phosphoric acid groups is 1. The molecule has 0 spiro atoms. The van der Waals surface area contributed by atoms with E-state index in [0.717, 1.165) is 25.7 Å². The van der Waals surface area contributed by atoms with Crippen molar-refractivity contribution in [3.63, 3.8) is 0 Å². The molecule has 1 aromatic rings. The molecule has 1 aromatic heterocycles. The van der Waals surface area contributed by atoms with Crippen LogP contribution in [0.25, 0.3) is 5.76 Å². The van der Waals surface area contributed by atoms with Gasteiger partial charge in [-0.05, 0) is 23.3 Å². The van der Waals surface area contributed by atoms with Crippen LogP contribution in [0.4, 0.5) is 0 Å². The first kappa shape index (κ1) is 15.2. The lowest BCUT2D eigenvalue weighted by molar-refractivity contribution is 0.199. The maximum Gasteiger partial charge on any atom is 0.529 e. The zero-order chi connectivity index (χ0) is 14.6. The van der Waals surface area contributed by atoms with Crippen molar-refractivity contribution in [2.45, 2.75) is 38.1 Å². The summed E-state index contributed by atoms with van der Waals surface area (Å²) in [7, 11) is -1.17. The van der Waals surface area contributed by atoms with Gasteiger partial charge in [0.25, 0.3) is 0 Å². The molecule has 0 unspecified atom stereocenters. The van der Waals surface area contributed by atoms with Gasteiger partial charge in [0.1, 0.15) is 0 Å². The quantitative estimate of drug-likeness (QED) is 0.589. The fourth-order valence-corrected chi connectivity index (χ4v) is 2.92. The zero-order valence-electron chi connectivity index (χ0n) is 11.7. The van der Waals surface area contributed by atoms with Crippen molar-refractivity contribution in [3.8, 4) is 0 Å². The highest BCUT2D eigenvalue weighted by molar-refractivity contribution is 7.48. The number of nitrogens with zero attached hydrogens (tertiary/aromatic N) is 4. The first-order chi connectivity index (χ1) is 9.59. The Bertz CT molecular complexity index is 504. The number of hydrogen-bond donors (Lipinski definition) is 0. The summed E-state index contributed by atoms with van der Waals surface area (Å²) >= 11 is 0. The second kappa shape index (κ2) is 6.47. The second-order valence-corrected chi connectivity index (χ2v) is 6.37. The summed E-state index contributed by atoms with van der Waals surface area (Å²) in [4.78, 5) is 0. The van der Waals surface area contributed by atoms with Crippen molar-refractivity contribution in [1.29, 1.82) is 0 Å². The van der Waals surface area contributed by atoms with Gasteiger partial charge in [-0.25, -0.2) is 9.25 Å². The number of aromatic nitrogens is 4. The molecule has 8 nitrogen and oxygen atoms in total. The molecule has 1 fully saturated rings. The van der Waals surface area contributed by atoms with Gasteiger partial charge >= 0.3 is 7.82 Å². The summed E-state index contributed by atoms with van der Waals surface area (Å²) in [5.41, 5.74) is 0. The molecule has 1 aliphatic rings. The van der Waals surface area contributed by atoms with Crippen LogP contribution >= 0.6 is 7.82 Å². The normalized spacial score (nSPS) is 17.1. The molecular weight excluding hydrogens is 283 g/mol. The molecule has 2 rings (SSSR count). The Balaban J connectivity index is 2.15. The van der Waals surface area contributed by atoms with E-state index in [2.05, 4.69) is 22.1 Å². The van der Waals surface area contributed by atoms with Crippen molar-refractivity contribution in [2.75, 3.05) is 14.2 Å². The van der Waals surface area contributed by atoms with Crippen LogP contribution in [0.2, 0.25) is 0 Å². The van der Waals surface area contributed by atoms with Gasteiger partial charge in [0.05, 0.1) is 6.04 Å². The standard InChI is InChI=1S/C11H19N4O4P/c1-9(19-20(16,17-2)18-3)11-12-13-14-15(11)10-7-5-4-6-8-10/h10H,1,4-8H2,2-3H3. The van der Waals surface area contributed by atoms with Crippen LogP contribution in [0.3, 0.4) is 0 Å². The fraction of sp³-hybridized carbons (Fsp3) is 0.727. The van der Waals surface area contributed by atoms with Crippen LogP contribution < -0.4 is 0 Å². The largest absolute Gasteiger partial charge is 0.529 e. The number of phosphoric ester groups is 1. The van der Waals surface area contributed by atoms with Crippen molar-refractivity contribution in [3.05, 3.63) is 12.4 Å². The third kappa shape index (κ3) is 3.26. The van der Waals surface area contributed by atoms with Crippen molar-refractivity contribution < 1.29 is 18.1 Å². The first-order valence-corrected chi connectivity index (χ1v) is 7.94. The Morgan fingerprint density at radius 1 is 1.30 bits per heavy atom. The van der Waals surface area contributed by atoms with E-state index >= 15 is 0 Å². The topological polar surface area (TPSA) is 88.4 Å². The van der Waals surface area contributed by atoms with Gasteiger partial charge in [0.2, 0.25) is 5.82 Å². The Hall–Kier alpha value is -1.24. The van der Waals surface area contributed by atoms with Gasteiger partial charge in [-0.2, -0.15) is 0 Å². The van der Waals surface area contributed by atoms with Gasteiger partial charge < -0.3 is 4.52 Å². The fourth-order valence-electron chi connectivity index (χ4n) is 2.27. The summed E-state index contributed by atoms with van der Waals surface area (Å²) in [5, 5.41) is 11.5. The summed E-state index contributed by atoms with van der Waals surface area (Å²) in [6.07, 6.45) is 5.54. The highest BCUT2D eigenvalue weighted by Gasteiger charge is 2.29. The van der Waals surface area contributed by atoms with E-state index in [4.69, 9.17) is 13.6 Å². The Labute approximate surface area is 117 Å². The SMILES string of the molecule is C=C(OP(=O)(OC)OC)c1nnnn1C1CCCCC1. The summed E-state index contributed by atoms with van der Waals surface area (Å²) in [5.74, 6) is 0.429. The lowest BCUT2D eigenvalue weighted by Crippen LogP contribution is -2.17.